The van der Waals surface area contributed by atoms with Crippen molar-refractivity contribution in [2.45, 2.75) is 6.92 Å². The second kappa shape index (κ2) is 6.76. The van der Waals surface area contributed by atoms with Crippen LogP contribution in [-0.2, 0) is 0 Å². The number of benzene rings is 2. The molecule has 0 heterocycles. The van der Waals surface area contributed by atoms with Gasteiger partial charge in [-0.1, -0.05) is 23.8 Å². The molecule has 0 unspecified atom stereocenters. The smallest absolute Gasteiger partial charge is 0.269 e. The predicted octanol–water partition coefficient (Wildman–Crippen LogP) is 2.14. The lowest BCUT2D eigenvalue weighted by Gasteiger charge is -2.13. The monoisotopic (exact) mass is 297 g/mol. The maximum atomic E-state index is 12.1. The molecular weight excluding hydrogens is 278 g/mol. The second-order valence-corrected chi connectivity index (χ2v) is 5.22. The molecule has 0 spiro atoms. The van der Waals surface area contributed by atoms with Gasteiger partial charge in [0.15, 0.2) is 0 Å². The van der Waals surface area contributed by atoms with Crippen LogP contribution in [0, 0.1) is 6.92 Å². The fraction of sp³-hybridized carbons (Fsp3) is 0.176. The van der Waals surface area contributed by atoms with Crippen LogP contribution in [0.25, 0.3) is 0 Å². The van der Waals surface area contributed by atoms with E-state index in [2.05, 4.69) is 10.9 Å². The molecule has 0 aromatic heterocycles. The summed E-state index contributed by atoms with van der Waals surface area (Å²) < 4.78 is 0. The van der Waals surface area contributed by atoms with Crippen molar-refractivity contribution in [1.82, 2.24) is 10.9 Å². The SMILES string of the molecule is Cc1cccc(C(=O)NNC(=O)c2cccc(N(C)C)c2)c1. The van der Waals surface area contributed by atoms with E-state index < -0.39 is 0 Å². The predicted molar refractivity (Wildman–Crippen MR) is 86.9 cm³/mol. The molecule has 114 valence electrons. The molecule has 22 heavy (non-hydrogen) atoms. The number of carbonyl (C=O) groups excluding carboxylic acids is 2. The summed E-state index contributed by atoms with van der Waals surface area (Å²) in [6, 6.07) is 14.3. The van der Waals surface area contributed by atoms with Crippen LogP contribution in [0.4, 0.5) is 5.69 Å². The van der Waals surface area contributed by atoms with Gasteiger partial charge in [-0.25, -0.2) is 0 Å². The third-order valence-corrected chi connectivity index (χ3v) is 3.19. The van der Waals surface area contributed by atoms with Crippen LogP contribution in [0.1, 0.15) is 26.3 Å². The van der Waals surface area contributed by atoms with Gasteiger partial charge >= 0.3 is 0 Å². The van der Waals surface area contributed by atoms with Crippen molar-refractivity contribution in [3.05, 3.63) is 65.2 Å². The van der Waals surface area contributed by atoms with E-state index in [-0.39, 0.29) is 11.8 Å². The second-order valence-electron chi connectivity index (χ2n) is 5.22. The molecule has 0 aliphatic carbocycles. The zero-order chi connectivity index (χ0) is 16.1. The van der Waals surface area contributed by atoms with Crippen molar-refractivity contribution in [2.75, 3.05) is 19.0 Å². The molecule has 2 amide bonds. The topological polar surface area (TPSA) is 61.4 Å². The summed E-state index contributed by atoms with van der Waals surface area (Å²) in [5, 5.41) is 0. The summed E-state index contributed by atoms with van der Waals surface area (Å²) in [4.78, 5) is 26.0. The normalized spacial score (nSPS) is 9.95. The number of hydrazine groups is 1. The van der Waals surface area contributed by atoms with Gasteiger partial charge in [-0.2, -0.15) is 0 Å². The standard InChI is InChI=1S/C17H19N3O2/c1-12-6-4-7-13(10-12)16(21)18-19-17(22)14-8-5-9-15(11-14)20(2)3/h4-11H,1-3H3,(H,18,21)(H,19,22). The molecule has 0 atom stereocenters. The third kappa shape index (κ3) is 3.85. The molecule has 2 aromatic carbocycles. The number of rotatable bonds is 3. The summed E-state index contributed by atoms with van der Waals surface area (Å²) in [5.41, 5.74) is 7.73. The molecule has 0 radical (unpaired) electrons. The van der Waals surface area contributed by atoms with E-state index in [9.17, 15) is 9.59 Å². The number of hydrogen-bond donors (Lipinski definition) is 2. The van der Waals surface area contributed by atoms with Crippen LogP contribution in [-0.4, -0.2) is 25.9 Å². The minimum atomic E-state index is -0.357. The highest BCUT2D eigenvalue weighted by Gasteiger charge is 2.10. The lowest BCUT2D eigenvalue weighted by atomic mass is 10.1. The number of aryl methyl sites for hydroxylation is 1. The van der Waals surface area contributed by atoms with Gasteiger partial charge in [0.25, 0.3) is 11.8 Å². The Morgan fingerprint density at radius 1 is 0.864 bits per heavy atom. The van der Waals surface area contributed by atoms with Crippen LogP contribution in [0.15, 0.2) is 48.5 Å². The summed E-state index contributed by atoms with van der Waals surface area (Å²) in [5.74, 6) is -0.703. The first kappa shape index (κ1) is 15.6. The number of anilines is 1. The van der Waals surface area contributed by atoms with E-state index in [0.717, 1.165) is 11.3 Å². The Balaban J connectivity index is 2.01. The Bertz CT molecular complexity index is 696. The molecule has 0 aliphatic rings. The molecule has 5 nitrogen and oxygen atoms in total. The van der Waals surface area contributed by atoms with Gasteiger partial charge in [0.2, 0.25) is 0 Å². The average Bonchev–Trinajstić information content (AvgIpc) is 2.52. The number of hydrogen-bond acceptors (Lipinski definition) is 3. The van der Waals surface area contributed by atoms with E-state index in [4.69, 9.17) is 0 Å². The molecule has 0 aliphatic heterocycles. The third-order valence-electron chi connectivity index (χ3n) is 3.19. The largest absolute Gasteiger partial charge is 0.378 e. The van der Waals surface area contributed by atoms with Crippen LogP contribution < -0.4 is 15.8 Å². The Morgan fingerprint density at radius 3 is 1.95 bits per heavy atom. The van der Waals surface area contributed by atoms with Gasteiger partial charge in [0.1, 0.15) is 0 Å². The van der Waals surface area contributed by atoms with Crippen LogP contribution in [0.3, 0.4) is 0 Å². The highest BCUT2D eigenvalue weighted by Crippen LogP contribution is 2.13. The van der Waals surface area contributed by atoms with Crippen molar-refractivity contribution in [1.29, 1.82) is 0 Å². The van der Waals surface area contributed by atoms with Gasteiger partial charge in [-0.05, 0) is 37.3 Å². The minimum Gasteiger partial charge on any atom is -0.378 e. The maximum Gasteiger partial charge on any atom is 0.269 e. The number of amides is 2. The van der Waals surface area contributed by atoms with Gasteiger partial charge in [0, 0.05) is 30.9 Å². The molecule has 0 saturated carbocycles. The summed E-state index contributed by atoms with van der Waals surface area (Å²) in [6.07, 6.45) is 0. The number of carbonyl (C=O) groups is 2. The zero-order valence-electron chi connectivity index (χ0n) is 12.9. The minimum absolute atomic E-state index is 0.346. The maximum absolute atomic E-state index is 12.1. The quantitative estimate of drug-likeness (QED) is 0.853. The zero-order valence-corrected chi connectivity index (χ0v) is 12.9. The molecular formula is C17H19N3O2. The van der Waals surface area contributed by atoms with Crippen molar-refractivity contribution < 1.29 is 9.59 Å². The average molecular weight is 297 g/mol. The Morgan fingerprint density at radius 2 is 1.41 bits per heavy atom. The van der Waals surface area contributed by atoms with Gasteiger partial charge in [0.05, 0.1) is 0 Å². The molecule has 5 heteroatoms. The van der Waals surface area contributed by atoms with Crippen molar-refractivity contribution in [2.24, 2.45) is 0 Å². The van der Waals surface area contributed by atoms with E-state index in [1.807, 2.05) is 38.1 Å². The van der Waals surface area contributed by atoms with Crippen LogP contribution in [0.5, 0.6) is 0 Å². The van der Waals surface area contributed by atoms with Crippen molar-refractivity contribution in [3.8, 4) is 0 Å². The van der Waals surface area contributed by atoms with Crippen LogP contribution >= 0.6 is 0 Å². The fourth-order valence-electron chi connectivity index (χ4n) is 1.97. The van der Waals surface area contributed by atoms with Crippen molar-refractivity contribution in [3.63, 3.8) is 0 Å². The molecule has 2 aromatic rings. The van der Waals surface area contributed by atoms with Crippen molar-refractivity contribution >= 4 is 17.5 Å². The fourth-order valence-corrected chi connectivity index (χ4v) is 1.97. The van der Waals surface area contributed by atoms with Gasteiger partial charge in [-0.3, -0.25) is 20.4 Å². The first-order valence-corrected chi connectivity index (χ1v) is 6.92. The summed E-state index contributed by atoms with van der Waals surface area (Å²) in [7, 11) is 3.80. The van der Waals surface area contributed by atoms with Crippen LogP contribution in [0.2, 0.25) is 0 Å². The van der Waals surface area contributed by atoms with E-state index >= 15 is 0 Å². The van der Waals surface area contributed by atoms with E-state index in [1.54, 1.807) is 36.4 Å². The Labute approximate surface area is 129 Å². The van der Waals surface area contributed by atoms with Gasteiger partial charge in [-0.15, -0.1) is 0 Å². The van der Waals surface area contributed by atoms with Gasteiger partial charge < -0.3 is 4.90 Å². The molecule has 2 rings (SSSR count). The summed E-state index contributed by atoms with van der Waals surface area (Å²) >= 11 is 0. The first-order chi connectivity index (χ1) is 10.5. The highest BCUT2D eigenvalue weighted by molar-refractivity contribution is 5.99. The first-order valence-electron chi connectivity index (χ1n) is 6.92. The Kier molecular flexibility index (Phi) is 4.78. The number of nitrogens with zero attached hydrogens (tertiary/aromatic N) is 1. The highest BCUT2D eigenvalue weighted by atomic mass is 16.2. The lowest BCUT2D eigenvalue weighted by Crippen LogP contribution is -2.41. The Hall–Kier alpha value is -2.82. The van der Waals surface area contributed by atoms with E-state index in [0.29, 0.717) is 11.1 Å². The lowest BCUT2D eigenvalue weighted by molar-refractivity contribution is 0.0846. The molecule has 0 saturated heterocycles. The molecule has 0 bridgehead atoms. The number of nitrogens with one attached hydrogen (secondary N) is 2. The summed E-state index contributed by atoms with van der Waals surface area (Å²) in [6.45, 7) is 1.90. The molecule has 2 N–H and O–H groups in total. The van der Waals surface area contributed by atoms with E-state index in [1.165, 1.54) is 0 Å². The molecule has 0 fully saturated rings.